The molecule has 3 rings (SSSR count). The Bertz CT molecular complexity index is 818. The molecule has 1 aromatic carbocycles. The summed E-state index contributed by atoms with van der Waals surface area (Å²) in [6.07, 6.45) is 0.392. The van der Waals surface area contributed by atoms with Gasteiger partial charge in [-0.15, -0.1) is 0 Å². The summed E-state index contributed by atoms with van der Waals surface area (Å²) in [6.45, 7) is 5.80. The Hall–Kier alpha value is -2.50. The van der Waals surface area contributed by atoms with Crippen molar-refractivity contribution < 1.29 is 14.7 Å². The summed E-state index contributed by atoms with van der Waals surface area (Å²) < 4.78 is 0. The molecule has 0 spiro atoms. The number of benzene rings is 1. The topological polar surface area (TPSA) is 92.2 Å². The molecule has 1 heterocycles. The Kier molecular flexibility index (Phi) is 3.99. The molecule has 2 N–H and O–H groups in total. The largest absolute Gasteiger partial charge is 0.481 e. The summed E-state index contributed by atoms with van der Waals surface area (Å²) in [4.78, 5) is 32.7. The Morgan fingerprint density at radius 3 is 2.67 bits per heavy atom. The molecule has 2 aromatic rings. The van der Waals surface area contributed by atoms with Gasteiger partial charge in [0.15, 0.2) is 0 Å². The van der Waals surface area contributed by atoms with Crippen LogP contribution in [0.3, 0.4) is 0 Å². The molecule has 0 aliphatic heterocycles. The lowest BCUT2D eigenvalue weighted by molar-refractivity contribution is -0.147. The van der Waals surface area contributed by atoms with Crippen LogP contribution in [-0.4, -0.2) is 27.0 Å². The number of aromatic nitrogens is 2. The zero-order valence-corrected chi connectivity index (χ0v) is 14.0. The summed E-state index contributed by atoms with van der Waals surface area (Å²) in [5, 5.41) is 13.2. The molecule has 1 amide bonds. The minimum Gasteiger partial charge on any atom is -0.481 e. The molecule has 1 fully saturated rings. The van der Waals surface area contributed by atoms with E-state index in [1.807, 2.05) is 45.0 Å². The smallest absolute Gasteiger partial charge is 0.310 e. The number of para-hydroxylation sites is 1. The van der Waals surface area contributed by atoms with E-state index in [9.17, 15) is 14.7 Å². The monoisotopic (exact) mass is 327 g/mol. The normalized spacial score (nSPS) is 22.6. The van der Waals surface area contributed by atoms with E-state index >= 15 is 0 Å². The third kappa shape index (κ3) is 2.62. The molecule has 24 heavy (non-hydrogen) atoms. The van der Waals surface area contributed by atoms with Crippen LogP contribution in [-0.2, 0) is 16.1 Å². The predicted molar refractivity (Wildman–Crippen MR) is 89.1 cm³/mol. The van der Waals surface area contributed by atoms with Crippen LogP contribution < -0.4 is 5.32 Å². The van der Waals surface area contributed by atoms with Gasteiger partial charge in [-0.2, -0.15) is 0 Å². The number of rotatable bonds is 5. The molecule has 1 aromatic heterocycles. The highest BCUT2D eigenvalue weighted by molar-refractivity contribution is 5.92. The van der Waals surface area contributed by atoms with Crippen molar-refractivity contribution in [2.75, 3.05) is 0 Å². The summed E-state index contributed by atoms with van der Waals surface area (Å²) in [5.41, 5.74) is 0.769. The second-order valence-corrected chi connectivity index (χ2v) is 6.72. The van der Waals surface area contributed by atoms with Crippen LogP contribution in [0.5, 0.6) is 0 Å². The fourth-order valence-corrected chi connectivity index (χ4v) is 3.39. The maximum Gasteiger partial charge on any atom is 0.310 e. The fraction of sp³-hybridized carbons (Fsp3) is 0.444. The highest BCUT2D eigenvalue weighted by Crippen LogP contribution is 2.58. The molecule has 1 saturated carbocycles. The molecule has 6 heteroatoms. The number of hydrogen-bond acceptors (Lipinski definition) is 4. The number of carbonyl (C=O) groups excluding carboxylic acids is 1. The van der Waals surface area contributed by atoms with E-state index < -0.39 is 17.3 Å². The quantitative estimate of drug-likeness (QED) is 0.879. The Morgan fingerprint density at radius 2 is 2.04 bits per heavy atom. The first kappa shape index (κ1) is 16.4. The molecular formula is C18H21N3O3. The minimum absolute atomic E-state index is 0.0788. The van der Waals surface area contributed by atoms with Gasteiger partial charge in [0.05, 0.1) is 23.4 Å². The summed E-state index contributed by atoms with van der Waals surface area (Å²) in [5.74, 6) is -1.15. The predicted octanol–water partition coefficient (Wildman–Crippen LogP) is 2.30. The molecule has 0 bridgehead atoms. The number of carboxylic acids is 1. The van der Waals surface area contributed by atoms with Gasteiger partial charge in [0.2, 0.25) is 5.91 Å². The third-order valence-corrected chi connectivity index (χ3v) is 5.01. The van der Waals surface area contributed by atoms with E-state index in [0.29, 0.717) is 12.2 Å². The molecule has 2 atom stereocenters. The van der Waals surface area contributed by atoms with Crippen LogP contribution in [0.4, 0.5) is 0 Å². The first-order chi connectivity index (χ1) is 11.4. The van der Waals surface area contributed by atoms with Crippen LogP contribution in [0.1, 0.15) is 31.8 Å². The highest BCUT2D eigenvalue weighted by Gasteiger charge is 2.65. The molecule has 1 aliphatic carbocycles. The third-order valence-electron chi connectivity index (χ3n) is 5.01. The molecule has 0 saturated heterocycles. The zero-order chi connectivity index (χ0) is 17.5. The van der Waals surface area contributed by atoms with Gasteiger partial charge in [0.25, 0.3) is 0 Å². The fourth-order valence-electron chi connectivity index (χ4n) is 3.39. The number of carboxylic acid groups (broad SMARTS) is 1. The highest BCUT2D eigenvalue weighted by atomic mass is 16.4. The Morgan fingerprint density at radius 1 is 1.33 bits per heavy atom. The molecule has 6 nitrogen and oxygen atoms in total. The Labute approximate surface area is 140 Å². The number of nitrogens with zero attached hydrogens (tertiary/aromatic N) is 2. The summed E-state index contributed by atoms with van der Waals surface area (Å²) in [6, 6.07) is 7.71. The van der Waals surface area contributed by atoms with Gasteiger partial charge in [-0.05, 0) is 25.3 Å². The molecule has 1 aliphatic rings. The number of nitrogens with one attached hydrogen (secondary N) is 1. The van der Waals surface area contributed by atoms with E-state index in [1.54, 1.807) is 0 Å². The van der Waals surface area contributed by atoms with E-state index in [2.05, 4.69) is 15.3 Å². The second kappa shape index (κ2) is 5.85. The molecule has 0 unspecified atom stereocenters. The van der Waals surface area contributed by atoms with E-state index in [1.165, 1.54) is 0 Å². The molecular weight excluding hydrogens is 306 g/mol. The SMILES string of the molecule is Cc1nc(CNC(=O)[C@@H]2C[C@@]2(C(=O)O)C(C)C)nc2ccccc12. The van der Waals surface area contributed by atoms with E-state index in [0.717, 1.165) is 16.6 Å². The number of amides is 1. The lowest BCUT2D eigenvalue weighted by atomic mass is 9.89. The van der Waals surface area contributed by atoms with Gasteiger partial charge < -0.3 is 10.4 Å². The van der Waals surface area contributed by atoms with Gasteiger partial charge in [-0.3, -0.25) is 9.59 Å². The van der Waals surface area contributed by atoms with Gasteiger partial charge in [0, 0.05) is 11.1 Å². The molecule has 126 valence electrons. The zero-order valence-electron chi connectivity index (χ0n) is 14.0. The van der Waals surface area contributed by atoms with Crippen LogP contribution in [0, 0.1) is 24.2 Å². The van der Waals surface area contributed by atoms with Crippen molar-refractivity contribution in [2.24, 2.45) is 17.3 Å². The van der Waals surface area contributed by atoms with Gasteiger partial charge in [-0.25, -0.2) is 9.97 Å². The maximum atomic E-state index is 12.3. The summed E-state index contributed by atoms with van der Waals surface area (Å²) >= 11 is 0. The van der Waals surface area contributed by atoms with E-state index in [4.69, 9.17) is 0 Å². The van der Waals surface area contributed by atoms with Crippen LogP contribution in [0.25, 0.3) is 10.9 Å². The number of aliphatic carboxylic acids is 1. The first-order valence-electron chi connectivity index (χ1n) is 8.09. The first-order valence-corrected chi connectivity index (χ1v) is 8.09. The summed E-state index contributed by atoms with van der Waals surface area (Å²) in [7, 11) is 0. The van der Waals surface area contributed by atoms with Crippen LogP contribution >= 0.6 is 0 Å². The van der Waals surface area contributed by atoms with Crippen molar-refractivity contribution in [1.29, 1.82) is 0 Å². The number of fused-ring (bicyclic) bond motifs is 1. The van der Waals surface area contributed by atoms with Crippen molar-refractivity contribution in [3.63, 3.8) is 0 Å². The lowest BCUT2D eigenvalue weighted by Crippen LogP contribution is -2.32. The second-order valence-electron chi connectivity index (χ2n) is 6.72. The number of aryl methyl sites for hydroxylation is 1. The van der Waals surface area contributed by atoms with Gasteiger partial charge >= 0.3 is 5.97 Å². The minimum atomic E-state index is -0.926. The van der Waals surface area contributed by atoms with Crippen molar-refractivity contribution in [2.45, 2.75) is 33.7 Å². The van der Waals surface area contributed by atoms with E-state index in [-0.39, 0.29) is 18.4 Å². The van der Waals surface area contributed by atoms with Crippen molar-refractivity contribution in [3.05, 3.63) is 35.8 Å². The van der Waals surface area contributed by atoms with Crippen LogP contribution in [0.15, 0.2) is 24.3 Å². The van der Waals surface area contributed by atoms with Gasteiger partial charge in [0.1, 0.15) is 5.82 Å². The number of carbonyl (C=O) groups is 2. The Balaban J connectivity index is 1.71. The average Bonchev–Trinajstić information content (AvgIpc) is 3.30. The van der Waals surface area contributed by atoms with Crippen LogP contribution in [0.2, 0.25) is 0 Å². The van der Waals surface area contributed by atoms with Crippen molar-refractivity contribution in [3.8, 4) is 0 Å². The standard InChI is InChI=1S/C18H21N3O3/c1-10(2)18(17(23)24)8-13(18)16(22)19-9-15-20-11(3)12-6-4-5-7-14(12)21-15/h4-7,10,13H,8-9H2,1-3H3,(H,19,22)(H,23,24)/t13-,18+/m0/s1. The average molecular weight is 327 g/mol. The maximum absolute atomic E-state index is 12.3. The molecule has 0 radical (unpaired) electrons. The van der Waals surface area contributed by atoms with Crippen molar-refractivity contribution >= 4 is 22.8 Å². The van der Waals surface area contributed by atoms with Gasteiger partial charge in [-0.1, -0.05) is 32.0 Å². The number of hydrogen-bond donors (Lipinski definition) is 2. The lowest BCUT2D eigenvalue weighted by Gasteiger charge is -2.16. The van der Waals surface area contributed by atoms with Crippen molar-refractivity contribution in [1.82, 2.24) is 15.3 Å².